The summed E-state index contributed by atoms with van der Waals surface area (Å²) in [6.45, 7) is 3.58. The van der Waals surface area contributed by atoms with Gasteiger partial charge in [0.05, 0.1) is 55.3 Å². The standard InChI is InChI=1S/C22H24N2O8.C19H24N6O5S2.C16H16N4O8S/c1-21(31)8-5-4-6-11(25)12(8)16(26)13-9(21)7-10-15(24(2)3)17(27)14(20(23)30)19(29)22(10,32)18(13)28;1-25(5-3-4-6-25)7-10-8-31-17-13(16(27)24(17)14(10)18(28)29)22-15(26)12(23-30-2)11-9-32-19(20)21-11;1-26-19-9(8-3-2-4-27-8)12(21)18-10-13(22)20-11(15(23)24)7(5-28-16(17)25)6-29-14(10)20/h4-6,9-10,15,25,27-28,31-32H,7H2,1-3H3,(H2,23,30);9,13,17H,3-8H2,1-2H3,(H3-,20,21,22,26,28,29);2-4,10,14H,5-6H2,1H3,(H2,17,25)(H,18,21)(H,23,24)/b;23-12-;19-9-/t9-,10-,15-,21+,22-;13-,17-;10-,14-/m011/s1. The molecule has 1 aromatic carbocycles. The van der Waals surface area contributed by atoms with Gasteiger partial charge in [0, 0.05) is 58.3 Å². The van der Waals surface area contributed by atoms with Gasteiger partial charge >= 0.3 is 12.1 Å². The van der Waals surface area contributed by atoms with Crippen molar-refractivity contribution in [2.75, 3.05) is 78.8 Å². The fraction of sp³-hybridized carbons (Fsp3) is 0.421. The number of likely N-dealkylation sites (N-methyl/N-ethyl adjacent to an activating group) is 2. The topological polar surface area (TPSA) is 505 Å². The number of carbonyl (C=O) groups is 10. The fourth-order valence-electron chi connectivity index (χ4n) is 12.8. The molecule has 14 N–H and O–H groups in total. The average molecular weight is 1350 g/mol. The minimum Gasteiger partial charge on any atom is -0.543 e. The number of benzene rings is 1. The number of ether oxygens (including phenoxy) is 1. The van der Waals surface area contributed by atoms with Crippen molar-refractivity contribution in [3.63, 3.8) is 0 Å². The molecule has 5 aliphatic heterocycles. The number of Topliss-reactive ketones (excluding diaryl/α,β-unsaturated/α-hetero) is 2. The molecule has 3 aromatic rings. The summed E-state index contributed by atoms with van der Waals surface area (Å²) in [4.78, 5) is 141. The number of aliphatic hydroxyl groups is 4. The number of aliphatic hydroxyl groups excluding tert-OH is 2. The van der Waals surface area contributed by atoms with E-state index in [1.54, 1.807) is 11.4 Å². The molecular formula is C57H64N12O21S3. The zero-order chi connectivity index (χ0) is 68.1. The number of carbonyl (C=O) groups excluding carboxylic acids is 9. The first kappa shape index (κ1) is 68.0. The highest BCUT2D eigenvalue weighted by Crippen LogP contribution is 2.57. The Bertz CT molecular complexity index is 3850. The minimum atomic E-state index is -2.75. The molecule has 8 aliphatic rings. The Morgan fingerprint density at radius 1 is 0.882 bits per heavy atom. The minimum absolute atomic E-state index is 0.0615. The Balaban J connectivity index is 0.000000165. The summed E-state index contributed by atoms with van der Waals surface area (Å²) >= 11 is 3.78. The number of carboxylic acid groups (broad SMARTS) is 2. The summed E-state index contributed by atoms with van der Waals surface area (Å²) in [7, 11) is 7.71. The molecule has 11 rings (SSSR count). The van der Waals surface area contributed by atoms with Gasteiger partial charge in [-0.2, -0.15) is 0 Å². The van der Waals surface area contributed by atoms with E-state index in [0.717, 1.165) is 46.7 Å². The second kappa shape index (κ2) is 26.3. The smallest absolute Gasteiger partial charge is 0.404 e. The molecule has 0 radical (unpaired) electrons. The number of amides is 6. The van der Waals surface area contributed by atoms with Crippen molar-refractivity contribution < 1.29 is 107 Å². The Kier molecular flexibility index (Phi) is 19.3. The lowest BCUT2D eigenvalue weighted by molar-refractivity contribution is -0.893. The third-order valence-electron chi connectivity index (χ3n) is 17.0. The van der Waals surface area contributed by atoms with Gasteiger partial charge in [-0.05, 0) is 51.2 Å². The number of ketones is 2. The van der Waals surface area contributed by atoms with E-state index < -0.39 is 139 Å². The molecular weight excluding hydrogens is 1280 g/mol. The van der Waals surface area contributed by atoms with Gasteiger partial charge in [0.25, 0.3) is 29.5 Å². The second-order valence-corrected chi connectivity index (χ2v) is 26.1. The highest BCUT2D eigenvalue weighted by molar-refractivity contribution is 8.00. The number of nitrogens with zero attached hydrogens (tertiary/aromatic N) is 7. The third kappa shape index (κ3) is 12.2. The fourth-order valence-corrected chi connectivity index (χ4v) is 16.0. The molecule has 3 saturated heterocycles. The number of primary amides is 2. The maximum Gasteiger partial charge on any atom is 0.404 e. The van der Waals surface area contributed by atoms with Gasteiger partial charge in [0.15, 0.2) is 28.0 Å². The van der Waals surface area contributed by atoms with Gasteiger partial charge in [-0.15, -0.1) is 34.9 Å². The number of carboxylic acids is 2. The monoisotopic (exact) mass is 1350 g/mol. The van der Waals surface area contributed by atoms with E-state index in [2.05, 4.69) is 42.6 Å². The van der Waals surface area contributed by atoms with Crippen molar-refractivity contribution in [1.29, 1.82) is 0 Å². The van der Waals surface area contributed by atoms with Gasteiger partial charge in [-0.25, -0.2) is 14.6 Å². The number of nitrogens with two attached hydrogens (primary N) is 3. The van der Waals surface area contributed by atoms with Crippen LogP contribution in [0, 0.1) is 11.8 Å². The first-order chi connectivity index (χ1) is 43.9. The van der Waals surface area contributed by atoms with Crippen molar-refractivity contribution in [2.24, 2.45) is 33.6 Å². The van der Waals surface area contributed by atoms with Gasteiger partial charge < -0.3 is 91.7 Å². The third-order valence-corrected chi connectivity index (χ3v) is 20.4. The normalized spacial score (nSPS) is 27.0. The predicted molar refractivity (Wildman–Crippen MR) is 324 cm³/mol. The van der Waals surface area contributed by atoms with E-state index in [9.17, 15) is 83.7 Å². The van der Waals surface area contributed by atoms with Gasteiger partial charge in [0.2, 0.25) is 11.5 Å². The van der Waals surface area contributed by atoms with Crippen molar-refractivity contribution in [2.45, 2.75) is 66.3 Å². The van der Waals surface area contributed by atoms with Crippen molar-refractivity contribution in [3.8, 4) is 5.75 Å². The lowest BCUT2D eigenvalue weighted by atomic mass is 9.55. The number of nitrogens with one attached hydrogen (secondary N) is 2. The van der Waals surface area contributed by atoms with Crippen LogP contribution in [0.4, 0.5) is 9.93 Å². The number of nitrogen functional groups attached to an aromatic ring is 1. The van der Waals surface area contributed by atoms with Crippen LogP contribution in [0.1, 0.15) is 53.6 Å². The number of furan rings is 1. The van der Waals surface area contributed by atoms with Crippen LogP contribution in [0.2, 0.25) is 0 Å². The van der Waals surface area contributed by atoms with Gasteiger partial charge in [-0.3, -0.25) is 48.3 Å². The SMILES string of the molecule is CN(C)[C@@H]1C(O)=C(C(N)=O)C(=O)[C@@]2(O)C(O)=C3C(=O)c4c(O)cccc4[C@@](C)(O)[C@H]3C[C@@H]12.CO/N=C(\C(=O)N[C@@H]1C(=O)N2C(C(=O)O)=C(COC(N)=O)CS[C@H]12)c1ccco1.CO/N=C(\C(=O)N[C@@H]1C(=O)N2C(C(=O)[O-])=C(C[N+]3(C)CCCC3)CS[C@H]12)c1csc(N)n1. The zero-order valence-electron chi connectivity index (χ0n) is 50.3. The largest absolute Gasteiger partial charge is 0.543 e. The molecule has 93 heavy (non-hydrogen) atoms. The van der Waals surface area contributed by atoms with E-state index in [1.165, 1.54) is 99.1 Å². The zero-order valence-corrected chi connectivity index (χ0v) is 52.8. The van der Waals surface area contributed by atoms with E-state index in [0.29, 0.717) is 17.9 Å². The first-order valence-corrected chi connectivity index (χ1v) is 31.2. The number of likely N-dealkylation sites (tertiary alicyclic amines) is 1. The number of quaternary nitrogens is 1. The molecule has 0 unspecified atom stereocenters. The number of phenolic OH excluding ortho intramolecular Hbond substituents is 1. The molecule has 0 spiro atoms. The number of thiazole rings is 1. The van der Waals surface area contributed by atoms with Gasteiger partial charge in [0.1, 0.15) is 84.4 Å². The number of aliphatic carboxylic acids is 2. The summed E-state index contributed by atoms with van der Waals surface area (Å²) in [5.41, 5.74) is 10.4. The summed E-state index contributed by atoms with van der Waals surface area (Å²) in [5.74, 6) is -12.3. The number of phenols is 1. The molecule has 0 bridgehead atoms. The molecule has 33 nitrogen and oxygen atoms in total. The molecule has 6 amide bonds. The first-order valence-electron chi connectivity index (χ1n) is 28.2. The van der Waals surface area contributed by atoms with E-state index in [4.69, 9.17) is 26.5 Å². The number of fused-ring (bicyclic) bond motifs is 5. The number of oxime groups is 2. The average Bonchev–Trinajstić information content (AvgIpc) is 0.939. The van der Waals surface area contributed by atoms with Crippen LogP contribution in [-0.2, 0) is 58.4 Å². The highest BCUT2D eigenvalue weighted by atomic mass is 32.2. The number of rotatable bonds is 16. The molecule has 496 valence electrons. The number of β-lactam (4-membered cyclic amide) rings is 2. The van der Waals surface area contributed by atoms with E-state index in [1.807, 2.05) is 0 Å². The predicted octanol–water partition coefficient (Wildman–Crippen LogP) is -2.03. The van der Waals surface area contributed by atoms with Crippen LogP contribution in [0.25, 0.3) is 0 Å². The quantitative estimate of drug-likeness (QED) is 0.0242. The molecule has 3 aliphatic carbocycles. The van der Waals surface area contributed by atoms with Crippen LogP contribution in [0.15, 0.2) is 102 Å². The summed E-state index contributed by atoms with van der Waals surface area (Å²) in [6.07, 6.45) is 2.30. The molecule has 36 heteroatoms. The van der Waals surface area contributed by atoms with E-state index >= 15 is 0 Å². The Hall–Kier alpha value is -9.33. The van der Waals surface area contributed by atoms with Crippen LogP contribution >= 0.6 is 34.9 Å². The summed E-state index contributed by atoms with van der Waals surface area (Å²) in [6, 6.07) is 4.24. The molecule has 0 saturated carbocycles. The number of anilines is 1. The second-order valence-electron chi connectivity index (χ2n) is 23.0. The molecule has 3 fully saturated rings. The van der Waals surface area contributed by atoms with Crippen molar-refractivity contribution >= 4 is 111 Å². The van der Waals surface area contributed by atoms with Crippen LogP contribution in [0.3, 0.4) is 0 Å². The van der Waals surface area contributed by atoms with Crippen LogP contribution in [-0.4, -0.2) is 233 Å². The van der Waals surface area contributed by atoms with Crippen LogP contribution in [0.5, 0.6) is 5.75 Å². The van der Waals surface area contributed by atoms with Crippen LogP contribution < -0.4 is 32.9 Å². The number of aromatic hydroxyl groups is 1. The Labute approximate surface area is 539 Å². The maximum atomic E-state index is 13.3. The van der Waals surface area contributed by atoms with Gasteiger partial charge in [-0.1, -0.05) is 22.4 Å². The molecule has 7 heterocycles. The van der Waals surface area contributed by atoms with Crippen molar-refractivity contribution in [3.05, 3.63) is 110 Å². The number of thioether (sulfide) groups is 2. The molecule has 2 aromatic heterocycles. The Morgan fingerprint density at radius 3 is 2.00 bits per heavy atom. The molecule has 9 atom stereocenters. The van der Waals surface area contributed by atoms with Crippen molar-refractivity contribution in [1.82, 2.24) is 30.3 Å². The summed E-state index contributed by atoms with van der Waals surface area (Å²) in [5, 5.41) is 89.6. The lowest BCUT2D eigenvalue weighted by Crippen LogP contribution is -2.71. The lowest BCUT2D eigenvalue weighted by Gasteiger charge is -2.52. The number of hydrogen-bond donors (Lipinski definition) is 11. The maximum absolute atomic E-state index is 13.3. The summed E-state index contributed by atoms with van der Waals surface area (Å²) < 4.78 is 10.5. The number of aromatic nitrogens is 1. The number of hydrogen-bond acceptors (Lipinski definition) is 28. The highest BCUT2D eigenvalue weighted by Gasteiger charge is 2.66. The van der Waals surface area contributed by atoms with E-state index in [-0.39, 0.29) is 74.9 Å². The Morgan fingerprint density at radius 2 is 1.47 bits per heavy atom.